The molecule has 0 N–H and O–H groups in total. The quantitative estimate of drug-likeness (QED) is 0.657. The third-order valence-electron chi connectivity index (χ3n) is 4.46. The van der Waals surface area contributed by atoms with Crippen molar-refractivity contribution in [2.75, 3.05) is 19.4 Å². The highest BCUT2D eigenvalue weighted by molar-refractivity contribution is 7.91. The summed E-state index contributed by atoms with van der Waals surface area (Å²) in [4.78, 5) is 14.5. The topological polar surface area (TPSA) is 63.7 Å². The average molecular weight is 410 g/mol. The number of nitrogens with zero attached hydrogens (tertiary/aromatic N) is 1. The van der Waals surface area contributed by atoms with Gasteiger partial charge in [-0.3, -0.25) is 4.79 Å². The van der Waals surface area contributed by atoms with E-state index in [9.17, 15) is 13.2 Å². The molecule has 0 fully saturated rings. The first-order valence-electron chi connectivity index (χ1n) is 8.70. The van der Waals surface area contributed by atoms with Crippen LogP contribution in [0.15, 0.2) is 53.4 Å². The van der Waals surface area contributed by atoms with Crippen molar-refractivity contribution in [1.29, 1.82) is 0 Å². The van der Waals surface area contributed by atoms with Crippen LogP contribution < -0.4 is 4.74 Å². The van der Waals surface area contributed by atoms with Crippen molar-refractivity contribution in [1.82, 2.24) is 4.90 Å². The molecule has 0 saturated heterocycles. The molecule has 2 aromatic carbocycles. The first-order valence-corrected chi connectivity index (χ1v) is 10.7. The summed E-state index contributed by atoms with van der Waals surface area (Å²) in [7, 11) is -1.95. The van der Waals surface area contributed by atoms with Crippen molar-refractivity contribution in [3.8, 4) is 5.75 Å². The number of sulfone groups is 1. The van der Waals surface area contributed by atoms with Crippen molar-refractivity contribution in [2.45, 2.75) is 31.2 Å². The van der Waals surface area contributed by atoms with Crippen molar-refractivity contribution < 1.29 is 17.9 Å². The number of rotatable bonds is 8. The van der Waals surface area contributed by atoms with Gasteiger partial charge in [0.05, 0.1) is 23.8 Å². The summed E-state index contributed by atoms with van der Waals surface area (Å²) in [6.07, 6.45) is -0.0763. The number of amides is 1. The van der Waals surface area contributed by atoms with Crippen LogP contribution >= 0.6 is 11.6 Å². The van der Waals surface area contributed by atoms with Crippen molar-refractivity contribution in [3.63, 3.8) is 0 Å². The van der Waals surface area contributed by atoms with E-state index in [4.69, 9.17) is 16.3 Å². The van der Waals surface area contributed by atoms with Gasteiger partial charge in [-0.25, -0.2) is 8.42 Å². The molecule has 1 atom stereocenters. The third-order valence-corrected chi connectivity index (χ3v) is 6.45. The molecular formula is C20H24ClNO4S. The second-order valence-electron chi connectivity index (χ2n) is 6.16. The lowest BCUT2D eigenvalue weighted by atomic mass is 10.1. The van der Waals surface area contributed by atoms with E-state index in [0.717, 1.165) is 5.56 Å². The van der Waals surface area contributed by atoms with Gasteiger partial charge in [-0.1, -0.05) is 23.7 Å². The molecule has 5 nitrogen and oxygen atoms in total. The van der Waals surface area contributed by atoms with Gasteiger partial charge in [0, 0.05) is 18.0 Å². The van der Waals surface area contributed by atoms with Gasteiger partial charge < -0.3 is 9.64 Å². The van der Waals surface area contributed by atoms with Crippen LogP contribution in [0.4, 0.5) is 0 Å². The second-order valence-corrected chi connectivity index (χ2v) is 8.70. The highest BCUT2D eigenvalue weighted by Crippen LogP contribution is 2.25. The van der Waals surface area contributed by atoms with Crippen LogP contribution in [0.25, 0.3) is 0 Å². The lowest BCUT2D eigenvalue weighted by molar-refractivity contribution is -0.132. The molecule has 0 heterocycles. The van der Waals surface area contributed by atoms with E-state index in [0.29, 0.717) is 17.3 Å². The third kappa shape index (κ3) is 5.47. The molecule has 0 spiro atoms. The molecule has 2 rings (SSSR count). The maximum atomic E-state index is 12.7. The van der Waals surface area contributed by atoms with Gasteiger partial charge in [0.2, 0.25) is 5.91 Å². The monoisotopic (exact) mass is 409 g/mol. The van der Waals surface area contributed by atoms with Gasteiger partial charge in [-0.2, -0.15) is 0 Å². The van der Waals surface area contributed by atoms with Crippen LogP contribution in [0.2, 0.25) is 5.02 Å². The van der Waals surface area contributed by atoms with Crippen molar-refractivity contribution in [3.05, 3.63) is 59.1 Å². The van der Waals surface area contributed by atoms with Crippen molar-refractivity contribution >= 4 is 27.3 Å². The van der Waals surface area contributed by atoms with Gasteiger partial charge >= 0.3 is 0 Å². The number of carbonyl (C=O) groups is 1. The summed E-state index contributed by atoms with van der Waals surface area (Å²) >= 11 is 5.80. The molecule has 7 heteroatoms. The Morgan fingerprint density at radius 2 is 1.85 bits per heavy atom. The number of hydrogen-bond acceptors (Lipinski definition) is 4. The number of benzene rings is 2. The maximum absolute atomic E-state index is 12.7. The summed E-state index contributed by atoms with van der Waals surface area (Å²) in [5.41, 5.74) is 0.935. The number of halogens is 1. The van der Waals surface area contributed by atoms with Gasteiger partial charge in [0.15, 0.2) is 9.84 Å². The first kappa shape index (κ1) is 21.3. The molecule has 0 radical (unpaired) electrons. The van der Waals surface area contributed by atoms with E-state index in [2.05, 4.69) is 0 Å². The normalized spacial score (nSPS) is 12.4. The zero-order chi connectivity index (χ0) is 20.0. The van der Waals surface area contributed by atoms with E-state index >= 15 is 0 Å². The minimum absolute atomic E-state index is 0.0763. The fourth-order valence-corrected chi connectivity index (χ4v) is 4.23. The molecule has 0 aliphatic rings. The highest BCUT2D eigenvalue weighted by Gasteiger charge is 2.23. The summed E-state index contributed by atoms with van der Waals surface area (Å²) < 4.78 is 30.1. The van der Waals surface area contributed by atoms with E-state index in [1.54, 1.807) is 12.0 Å². The number of ether oxygens (including phenoxy) is 1. The highest BCUT2D eigenvalue weighted by atomic mass is 35.5. The van der Waals surface area contributed by atoms with Crippen LogP contribution in [0.5, 0.6) is 5.75 Å². The zero-order valence-electron chi connectivity index (χ0n) is 15.7. The fraction of sp³-hybridized carbons (Fsp3) is 0.350. The van der Waals surface area contributed by atoms with Gasteiger partial charge in [-0.05, 0) is 55.8 Å². The summed E-state index contributed by atoms with van der Waals surface area (Å²) in [5, 5.41) is 0.467. The van der Waals surface area contributed by atoms with Gasteiger partial charge in [-0.15, -0.1) is 0 Å². The summed E-state index contributed by atoms with van der Waals surface area (Å²) in [6, 6.07) is 13.3. The Bertz CT molecular complexity index is 881. The second kappa shape index (κ2) is 9.24. The van der Waals surface area contributed by atoms with Crippen LogP contribution in [0, 0.1) is 0 Å². The molecule has 0 aliphatic heterocycles. The lowest BCUT2D eigenvalue weighted by Crippen LogP contribution is -2.34. The smallest absolute Gasteiger partial charge is 0.224 e. The molecule has 0 aromatic heterocycles. The Balaban J connectivity index is 2.08. The minimum Gasteiger partial charge on any atom is -0.497 e. The molecule has 2 aromatic rings. The van der Waals surface area contributed by atoms with Crippen LogP contribution in [0.3, 0.4) is 0 Å². The Kier molecular flexibility index (Phi) is 7.27. The molecular weight excluding hydrogens is 386 g/mol. The van der Waals surface area contributed by atoms with E-state index < -0.39 is 9.84 Å². The Labute approximate surface area is 165 Å². The molecule has 0 bridgehead atoms. The van der Waals surface area contributed by atoms with E-state index in [1.165, 1.54) is 24.3 Å². The summed E-state index contributed by atoms with van der Waals surface area (Å²) in [5.74, 6) is 0.271. The van der Waals surface area contributed by atoms with E-state index in [-0.39, 0.29) is 29.0 Å². The maximum Gasteiger partial charge on any atom is 0.224 e. The van der Waals surface area contributed by atoms with E-state index in [1.807, 2.05) is 38.1 Å². The largest absolute Gasteiger partial charge is 0.497 e. The Morgan fingerprint density at radius 1 is 1.19 bits per heavy atom. The van der Waals surface area contributed by atoms with Gasteiger partial charge in [0.25, 0.3) is 0 Å². The Morgan fingerprint density at radius 3 is 2.44 bits per heavy atom. The molecule has 1 unspecified atom stereocenters. The average Bonchev–Trinajstić information content (AvgIpc) is 2.67. The van der Waals surface area contributed by atoms with Crippen LogP contribution in [-0.2, 0) is 14.6 Å². The minimum atomic E-state index is -3.54. The molecule has 1 amide bonds. The predicted octanol–water partition coefficient (Wildman–Crippen LogP) is 4.12. The standard InChI is InChI=1S/C20H24ClNO4S/c1-4-22(15(2)16-6-5-7-18(14-16)26-3)20(23)12-13-27(24,25)19-10-8-17(21)9-11-19/h5-11,14-15H,4,12-13H2,1-3H3. The zero-order valence-corrected chi connectivity index (χ0v) is 17.3. The Hall–Kier alpha value is -2.05. The van der Waals surface area contributed by atoms with Crippen molar-refractivity contribution in [2.24, 2.45) is 0 Å². The number of methoxy groups -OCH3 is 1. The SMILES string of the molecule is CCN(C(=O)CCS(=O)(=O)c1ccc(Cl)cc1)C(C)c1cccc(OC)c1. The number of carbonyl (C=O) groups excluding carboxylic acids is 1. The predicted molar refractivity (Wildman–Crippen MR) is 107 cm³/mol. The number of hydrogen-bond donors (Lipinski definition) is 0. The lowest BCUT2D eigenvalue weighted by Gasteiger charge is -2.28. The molecule has 146 valence electrons. The molecule has 0 aliphatic carbocycles. The molecule has 0 saturated carbocycles. The first-order chi connectivity index (χ1) is 12.8. The van der Waals surface area contributed by atoms with Crippen LogP contribution in [0.1, 0.15) is 31.9 Å². The fourth-order valence-electron chi connectivity index (χ4n) is 2.87. The van der Waals surface area contributed by atoms with Gasteiger partial charge in [0.1, 0.15) is 5.75 Å². The summed E-state index contributed by atoms with van der Waals surface area (Å²) in [6.45, 7) is 4.28. The van der Waals surface area contributed by atoms with Crippen LogP contribution in [-0.4, -0.2) is 38.6 Å². The molecule has 27 heavy (non-hydrogen) atoms.